The maximum absolute atomic E-state index is 12.6. The lowest BCUT2D eigenvalue weighted by atomic mass is 10.1. The second kappa shape index (κ2) is 8.53. The zero-order valence-electron chi connectivity index (χ0n) is 16.0. The summed E-state index contributed by atoms with van der Waals surface area (Å²) < 4.78 is 10.6. The molecule has 0 aliphatic carbocycles. The van der Waals surface area contributed by atoms with Gasteiger partial charge in [-0.05, 0) is 42.0 Å². The minimum atomic E-state index is 0.102. The van der Waals surface area contributed by atoms with Crippen molar-refractivity contribution in [2.75, 3.05) is 38.2 Å². The fourth-order valence-corrected chi connectivity index (χ4v) is 3.40. The summed E-state index contributed by atoms with van der Waals surface area (Å²) in [6, 6.07) is 15.4. The van der Waals surface area contributed by atoms with Crippen molar-refractivity contribution in [2.24, 2.45) is 0 Å². The van der Waals surface area contributed by atoms with E-state index in [2.05, 4.69) is 10.1 Å². The minimum absolute atomic E-state index is 0.102. The monoisotopic (exact) mass is 412 g/mol. The summed E-state index contributed by atoms with van der Waals surface area (Å²) in [5, 5.41) is 4.71. The first kappa shape index (κ1) is 19.3. The number of ether oxygens (including phenoxy) is 1. The number of carbonyl (C=O) groups excluding carboxylic acids is 1. The van der Waals surface area contributed by atoms with Crippen LogP contribution in [0.15, 0.2) is 53.1 Å². The predicted molar refractivity (Wildman–Crippen MR) is 110 cm³/mol. The molecule has 4 rings (SSSR count). The number of carbonyl (C=O) groups is 1. The Bertz CT molecular complexity index is 982. The summed E-state index contributed by atoms with van der Waals surface area (Å²) in [5.74, 6) is 1.38. The van der Waals surface area contributed by atoms with Gasteiger partial charge in [-0.3, -0.25) is 4.79 Å². The van der Waals surface area contributed by atoms with Crippen molar-refractivity contribution in [1.82, 2.24) is 15.0 Å². The fraction of sp³-hybridized carbons (Fsp3) is 0.286. The Balaban J connectivity index is 1.34. The highest BCUT2D eigenvalue weighted by molar-refractivity contribution is 6.30. The third kappa shape index (κ3) is 4.51. The van der Waals surface area contributed by atoms with Crippen molar-refractivity contribution in [3.8, 4) is 17.1 Å². The molecule has 29 heavy (non-hydrogen) atoms. The highest BCUT2D eigenvalue weighted by atomic mass is 35.5. The van der Waals surface area contributed by atoms with Gasteiger partial charge >= 0.3 is 6.01 Å². The summed E-state index contributed by atoms with van der Waals surface area (Å²) in [6.07, 6.45) is 0.360. The van der Waals surface area contributed by atoms with Gasteiger partial charge in [-0.2, -0.15) is 4.98 Å². The van der Waals surface area contributed by atoms with Gasteiger partial charge in [-0.25, -0.2) is 0 Å². The lowest BCUT2D eigenvalue weighted by Gasteiger charge is -2.33. The maximum atomic E-state index is 12.6. The highest BCUT2D eigenvalue weighted by Crippen LogP contribution is 2.22. The minimum Gasteiger partial charge on any atom is -0.497 e. The molecule has 2 aromatic carbocycles. The number of amides is 1. The SMILES string of the molecule is COc1cccc(CC(=O)N2CCN(c3nc(-c4ccc(Cl)cc4)no3)CC2)c1. The molecule has 1 saturated heterocycles. The first-order valence-electron chi connectivity index (χ1n) is 9.37. The van der Waals surface area contributed by atoms with Crippen LogP contribution in [0.25, 0.3) is 11.4 Å². The largest absolute Gasteiger partial charge is 0.497 e. The van der Waals surface area contributed by atoms with Crippen molar-refractivity contribution < 1.29 is 14.1 Å². The zero-order valence-corrected chi connectivity index (χ0v) is 16.8. The van der Waals surface area contributed by atoms with Gasteiger partial charge in [-0.1, -0.05) is 28.9 Å². The van der Waals surface area contributed by atoms with E-state index >= 15 is 0 Å². The highest BCUT2D eigenvalue weighted by Gasteiger charge is 2.24. The molecule has 150 valence electrons. The molecule has 0 radical (unpaired) electrons. The molecule has 0 atom stereocenters. The number of nitrogens with zero attached hydrogens (tertiary/aromatic N) is 4. The first-order valence-corrected chi connectivity index (χ1v) is 9.75. The fourth-order valence-electron chi connectivity index (χ4n) is 3.28. The van der Waals surface area contributed by atoms with Gasteiger partial charge in [-0.15, -0.1) is 0 Å². The van der Waals surface area contributed by atoms with E-state index in [0.717, 1.165) is 16.9 Å². The number of halogens is 1. The van der Waals surface area contributed by atoms with E-state index in [0.29, 0.717) is 49.5 Å². The van der Waals surface area contributed by atoms with Gasteiger partial charge in [0.1, 0.15) is 5.75 Å². The molecular formula is C21H21ClN4O3. The quantitative estimate of drug-likeness (QED) is 0.640. The molecule has 3 aromatic rings. The van der Waals surface area contributed by atoms with Crippen LogP contribution in [0.3, 0.4) is 0 Å². The second-order valence-corrected chi connectivity index (χ2v) is 7.24. The van der Waals surface area contributed by atoms with Crippen LogP contribution in [0.2, 0.25) is 5.02 Å². The van der Waals surface area contributed by atoms with Gasteiger partial charge in [0.05, 0.1) is 13.5 Å². The van der Waals surface area contributed by atoms with E-state index in [1.165, 1.54) is 0 Å². The second-order valence-electron chi connectivity index (χ2n) is 6.80. The number of methoxy groups -OCH3 is 1. The Morgan fingerprint density at radius 2 is 1.90 bits per heavy atom. The number of aromatic nitrogens is 2. The molecule has 1 fully saturated rings. The Hall–Kier alpha value is -3.06. The van der Waals surface area contributed by atoms with E-state index in [4.69, 9.17) is 20.9 Å². The van der Waals surface area contributed by atoms with E-state index < -0.39 is 0 Å². The number of anilines is 1. The van der Waals surface area contributed by atoms with E-state index in [1.54, 1.807) is 19.2 Å². The standard InChI is InChI=1S/C21H21ClN4O3/c1-28-18-4-2-3-15(13-18)14-19(27)25-9-11-26(12-10-25)21-23-20(24-29-21)16-5-7-17(22)8-6-16/h2-8,13H,9-12,14H2,1H3. The third-order valence-corrected chi connectivity index (χ3v) is 5.16. The summed E-state index contributed by atoms with van der Waals surface area (Å²) in [7, 11) is 1.62. The van der Waals surface area contributed by atoms with Crippen molar-refractivity contribution in [3.05, 3.63) is 59.1 Å². The van der Waals surface area contributed by atoms with E-state index in [1.807, 2.05) is 46.2 Å². The third-order valence-electron chi connectivity index (χ3n) is 4.91. The van der Waals surface area contributed by atoms with Crippen LogP contribution in [-0.4, -0.2) is 54.2 Å². The number of rotatable bonds is 5. The van der Waals surface area contributed by atoms with Crippen molar-refractivity contribution in [2.45, 2.75) is 6.42 Å². The van der Waals surface area contributed by atoms with Crippen LogP contribution in [0, 0.1) is 0 Å². The van der Waals surface area contributed by atoms with Crippen LogP contribution >= 0.6 is 11.6 Å². The van der Waals surface area contributed by atoms with Gasteiger partial charge < -0.3 is 19.1 Å². The smallest absolute Gasteiger partial charge is 0.324 e. The van der Waals surface area contributed by atoms with E-state index in [-0.39, 0.29) is 5.91 Å². The molecule has 0 bridgehead atoms. The Morgan fingerprint density at radius 3 is 2.62 bits per heavy atom. The van der Waals surface area contributed by atoms with Gasteiger partial charge in [0.25, 0.3) is 0 Å². The molecule has 8 heteroatoms. The van der Waals surface area contributed by atoms with Gasteiger partial charge in [0.2, 0.25) is 11.7 Å². The average molecular weight is 413 g/mol. The lowest BCUT2D eigenvalue weighted by molar-refractivity contribution is -0.130. The molecule has 2 heterocycles. The van der Waals surface area contributed by atoms with E-state index in [9.17, 15) is 4.79 Å². The first-order chi connectivity index (χ1) is 14.1. The topological polar surface area (TPSA) is 71.7 Å². The normalized spacial score (nSPS) is 14.1. The van der Waals surface area contributed by atoms with Gasteiger partial charge in [0, 0.05) is 36.8 Å². The molecule has 1 amide bonds. The van der Waals surface area contributed by atoms with Crippen molar-refractivity contribution >= 4 is 23.5 Å². The summed E-state index contributed by atoms with van der Waals surface area (Å²) in [6.45, 7) is 2.52. The van der Waals surface area contributed by atoms with Crippen molar-refractivity contribution in [3.63, 3.8) is 0 Å². The van der Waals surface area contributed by atoms with Crippen LogP contribution < -0.4 is 9.64 Å². The summed E-state index contributed by atoms with van der Waals surface area (Å²) in [5.41, 5.74) is 1.79. The van der Waals surface area contributed by atoms with Crippen LogP contribution in [0.5, 0.6) is 5.75 Å². The molecule has 0 spiro atoms. The zero-order chi connectivity index (χ0) is 20.2. The van der Waals surface area contributed by atoms with Crippen molar-refractivity contribution in [1.29, 1.82) is 0 Å². The molecule has 0 unspecified atom stereocenters. The summed E-state index contributed by atoms with van der Waals surface area (Å²) >= 11 is 5.92. The van der Waals surface area contributed by atoms with Crippen LogP contribution in [0.4, 0.5) is 6.01 Å². The molecule has 1 aliphatic rings. The number of piperazine rings is 1. The molecule has 0 N–H and O–H groups in total. The predicted octanol–water partition coefficient (Wildman–Crippen LogP) is 3.29. The lowest BCUT2D eigenvalue weighted by Crippen LogP contribution is -2.49. The molecule has 7 nitrogen and oxygen atoms in total. The number of benzene rings is 2. The molecule has 1 aromatic heterocycles. The number of hydrogen-bond donors (Lipinski definition) is 0. The van der Waals surface area contributed by atoms with Crippen LogP contribution in [-0.2, 0) is 11.2 Å². The Labute approximate surface area is 173 Å². The number of hydrogen-bond acceptors (Lipinski definition) is 6. The van der Waals surface area contributed by atoms with Crippen LogP contribution in [0.1, 0.15) is 5.56 Å². The summed E-state index contributed by atoms with van der Waals surface area (Å²) in [4.78, 5) is 21.0. The Morgan fingerprint density at radius 1 is 1.14 bits per heavy atom. The molecule has 1 aliphatic heterocycles. The molecular weight excluding hydrogens is 392 g/mol. The van der Waals surface area contributed by atoms with Gasteiger partial charge in [0.15, 0.2) is 0 Å². The Kier molecular flexibility index (Phi) is 5.67. The molecule has 0 saturated carbocycles. The maximum Gasteiger partial charge on any atom is 0.324 e. The average Bonchev–Trinajstić information content (AvgIpc) is 3.25.